The molecule has 0 spiro atoms. The summed E-state index contributed by atoms with van der Waals surface area (Å²) >= 11 is 0. The van der Waals surface area contributed by atoms with Gasteiger partial charge in [0.25, 0.3) is 0 Å². The molecule has 3 aliphatic rings. The number of hydrogen-bond donors (Lipinski definition) is 2. The van der Waals surface area contributed by atoms with Crippen LogP contribution >= 0.6 is 0 Å². The zero-order chi connectivity index (χ0) is 11.5. The van der Waals surface area contributed by atoms with Gasteiger partial charge in [-0.3, -0.25) is 4.79 Å². The van der Waals surface area contributed by atoms with Crippen molar-refractivity contribution in [3.8, 4) is 0 Å². The second kappa shape index (κ2) is 3.20. The summed E-state index contributed by atoms with van der Waals surface area (Å²) in [6.07, 6.45) is 2.23. The first-order valence-electron chi connectivity index (χ1n) is 6.18. The number of carbonyl (C=O) groups is 1. The number of amides is 1. The lowest BCUT2D eigenvalue weighted by Gasteiger charge is -2.45. The summed E-state index contributed by atoms with van der Waals surface area (Å²) in [6.45, 7) is 5.06. The fourth-order valence-corrected chi connectivity index (χ4v) is 3.11. The standard InChI is InChI=1S/C12H20N2O2/c1-12(2)5-7(12)11(15)14-9-8(13)6-3-4-16-10(6)9/h6-10H,3-5,13H2,1-2H3,(H,14,15). The molecule has 5 unspecified atom stereocenters. The smallest absolute Gasteiger partial charge is 0.224 e. The third-order valence-electron chi connectivity index (χ3n) is 4.59. The Balaban J connectivity index is 1.58. The first-order chi connectivity index (χ1) is 7.50. The van der Waals surface area contributed by atoms with Gasteiger partial charge in [-0.25, -0.2) is 0 Å². The minimum Gasteiger partial charge on any atom is -0.376 e. The lowest BCUT2D eigenvalue weighted by atomic mass is 9.72. The minimum absolute atomic E-state index is 0.0522. The average molecular weight is 224 g/mol. The monoisotopic (exact) mass is 224 g/mol. The molecule has 16 heavy (non-hydrogen) atoms. The van der Waals surface area contributed by atoms with Crippen LogP contribution in [0.25, 0.3) is 0 Å². The molecule has 0 bridgehead atoms. The van der Waals surface area contributed by atoms with Crippen LogP contribution in [-0.2, 0) is 9.53 Å². The van der Waals surface area contributed by atoms with E-state index in [0.29, 0.717) is 5.92 Å². The molecule has 3 N–H and O–H groups in total. The van der Waals surface area contributed by atoms with Gasteiger partial charge in [-0.15, -0.1) is 0 Å². The van der Waals surface area contributed by atoms with Gasteiger partial charge >= 0.3 is 0 Å². The predicted molar refractivity (Wildman–Crippen MR) is 59.6 cm³/mol. The molecule has 3 fully saturated rings. The maximum atomic E-state index is 11.9. The molecule has 4 nitrogen and oxygen atoms in total. The fraction of sp³-hybridized carbons (Fsp3) is 0.917. The maximum Gasteiger partial charge on any atom is 0.224 e. The second-order valence-electron chi connectivity index (χ2n) is 6.14. The largest absolute Gasteiger partial charge is 0.376 e. The lowest BCUT2D eigenvalue weighted by Crippen LogP contribution is -2.69. The van der Waals surface area contributed by atoms with E-state index in [-0.39, 0.29) is 35.4 Å². The first kappa shape index (κ1) is 10.5. The molecular weight excluding hydrogens is 204 g/mol. The van der Waals surface area contributed by atoms with Crippen molar-refractivity contribution in [1.29, 1.82) is 0 Å². The quantitative estimate of drug-likeness (QED) is 0.707. The van der Waals surface area contributed by atoms with Crippen LogP contribution in [-0.4, -0.2) is 30.7 Å². The van der Waals surface area contributed by atoms with Crippen LogP contribution in [0, 0.1) is 17.3 Å². The Bertz CT molecular complexity index is 329. The number of nitrogens with two attached hydrogens (primary N) is 1. The molecule has 0 radical (unpaired) electrons. The number of nitrogens with one attached hydrogen (secondary N) is 1. The van der Waals surface area contributed by atoms with Crippen molar-refractivity contribution in [2.75, 3.05) is 6.61 Å². The van der Waals surface area contributed by atoms with Gasteiger partial charge in [0.1, 0.15) is 0 Å². The molecule has 0 aromatic carbocycles. The number of fused-ring (bicyclic) bond motifs is 1. The van der Waals surface area contributed by atoms with Crippen LogP contribution in [0.3, 0.4) is 0 Å². The van der Waals surface area contributed by atoms with E-state index in [4.69, 9.17) is 10.5 Å². The Kier molecular flexibility index (Phi) is 2.11. The van der Waals surface area contributed by atoms with Crippen molar-refractivity contribution < 1.29 is 9.53 Å². The molecule has 2 saturated carbocycles. The summed E-state index contributed by atoms with van der Waals surface area (Å²) in [5.74, 6) is 0.817. The summed E-state index contributed by atoms with van der Waals surface area (Å²) in [5, 5.41) is 3.07. The minimum atomic E-state index is 0.0522. The molecule has 2 aliphatic carbocycles. The maximum absolute atomic E-state index is 11.9. The van der Waals surface area contributed by atoms with Crippen molar-refractivity contribution in [3.05, 3.63) is 0 Å². The highest BCUT2D eigenvalue weighted by Crippen LogP contribution is 2.52. The number of hydrogen-bond acceptors (Lipinski definition) is 3. The fourth-order valence-electron chi connectivity index (χ4n) is 3.11. The molecule has 1 saturated heterocycles. The molecular formula is C12H20N2O2. The van der Waals surface area contributed by atoms with Crippen LogP contribution in [0.5, 0.6) is 0 Å². The van der Waals surface area contributed by atoms with E-state index in [1.54, 1.807) is 0 Å². The predicted octanol–water partition coefficient (Wildman–Crippen LogP) is 0.263. The lowest BCUT2D eigenvalue weighted by molar-refractivity contribution is -0.127. The van der Waals surface area contributed by atoms with Gasteiger partial charge in [-0.2, -0.15) is 0 Å². The van der Waals surface area contributed by atoms with E-state index in [1.165, 1.54) is 0 Å². The summed E-state index contributed by atoms with van der Waals surface area (Å²) in [5.41, 5.74) is 6.24. The summed E-state index contributed by atoms with van der Waals surface area (Å²) in [4.78, 5) is 11.9. The van der Waals surface area contributed by atoms with E-state index >= 15 is 0 Å². The van der Waals surface area contributed by atoms with Gasteiger partial charge in [0.05, 0.1) is 12.1 Å². The summed E-state index contributed by atoms with van der Waals surface area (Å²) in [6, 6.07) is 0.148. The average Bonchev–Trinajstić information content (AvgIpc) is 2.72. The third-order valence-corrected chi connectivity index (χ3v) is 4.59. The van der Waals surface area contributed by atoms with Crippen molar-refractivity contribution in [2.45, 2.75) is 44.9 Å². The van der Waals surface area contributed by atoms with Crippen LogP contribution in [0.1, 0.15) is 26.7 Å². The van der Waals surface area contributed by atoms with Gasteiger partial charge in [-0.05, 0) is 18.3 Å². The summed E-state index contributed by atoms with van der Waals surface area (Å²) in [7, 11) is 0. The molecule has 1 heterocycles. The van der Waals surface area contributed by atoms with Crippen LogP contribution in [0.15, 0.2) is 0 Å². The normalized spacial score (nSPS) is 48.1. The Morgan fingerprint density at radius 3 is 2.81 bits per heavy atom. The summed E-state index contributed by atoms with van der Waals surface area (Å²) < 4.78 is 5.59. The zero-order valence-corrected chi connectivity index (χ0v) is 9.90. The Labute approximate surface area is 95.9 Å². The molecule has 5 atom stereocenters. The first-order valence-corrected chi connectivity index (χ1v) is 6.18. The van der Waals surface area contributed by atoms with E-state index in [9.17, 15) is 4.79 Å². The van der Waals surface area contributed by atoms with Crippen molar-refractivity contribution in [2.24, 2.45) is 23.0 Å². The Morgan fingerprint density at radius 1 is 1.50 bits per heavy atom. The Morgan fingerprint density at radius 2 is 2.19 bits per heavy atom. The van der Waals surface area contributed by atoms with E-state index in [0.717, 1.165) is 19.4 Å². The second-order valence-corrected chi connectivity index (χ2v) is 6.14. The van der Waals surface area contributed by atoms with Gasteiger partial charge in [0.2, 0.25) is 5.91 Å². The van der Waals surface area contributed by atoms with Gasteiger partial charge in [-0.1, -0.05) is 13.8 Å². The van der Waals surface area contributed by atoms with Crippen LogP contribution < -0.4 is 11.1 Å². The molecule has 1 aliphatic heterocycles. The number of carbonyl (C=O) groups excluding carboxylic acids is 1. The highest BCUT2D eigenvalue weighted by Gasteiger charge is 2.56. The molecule has 90 valence electrons. The number of rotatable bonds is 2. The molecule has 4 heteroatoms. The van der Waals surface area contributed by atoms with Gasteiger partial charge in [0.15, 0.2) is 0 Å². The van der Waals surface area contributed by atoms with E-state index in [2.05, 4.69) is 19.2 Å². The number of ether oxygens (including phenoxy) is 1. The zero-order valence-electron chi connectivity index (χ0n) is 9.90. The van der Waals surface area contributed by atoms with Crippen molar-refractivity contribution >= 4 is 5.91 Å². The van der Waals surface area contributed by atoms with E-state index in [1.807, 2.05) is 0 Å². The van der Waals surface area contributed by atoms with E-state index < -0.39 is 0 Å². The molecule has 3 rings (SSSR count). The topological polar surface area (TPSA) is 64.4 Å². The van der Waals surface area contributed by atoms with Crippen molar-refractivity contribution in [1.82, 2.24) is 5.32 Å². The highest BCUT2D eigenvalue weighted by molar-refractivity contribution is 5.82. The molecule has 0 aromatic heterocycles. The van der Waals surface area contributed by atoms with Gasteiger partial charge < -0.3 is 15.8 Å². The SMILES string of the molecule is CC1(C)CC1C(=O)NC1C(N)C2CCOC21. The van der Waals surface area contributed by atoms with Crippen molar-refractivity contribution in [3.63, 3.8) is 0 Å². The highest BCUT2D eigenvalue weighted by atomic mass is 16.5. The third kappa shape index (κ3) is 1.39. The molecule has 1 amide bonds. The molecule has 0 aromatic rings. The van der Waals surface area contributed by atoms with Crippen LogP contribution in [0.4, 0.5) is 0 Å². The van der Waals surface area contributed by atoms with Gasteiger partial charge in [0, 0.05) is 24.5 Å². The van der Waals surface area contributed by atoms with Crippen LogP contribution in [0.2, 0.25) is 0 Å². The Hall–Kier alpha value is -0.610.